The average Bonchev–Trinajstić information content (AvgIpc) is 2.50. The van der Waals surface area contributed by atoms with Crippen molar-refractivity contribution in [1.29, 1.82) is 0 Å². The number of carbonyl (C=O) groups is 3. The molecule has 4 nitrogen and oxygen atoms in total. The first-order valence-electron chi connectivity index (χ1n) is 6.44. The van der Waals surface area contributed by atoms with E-state index in [2.05, 4.69) is 6.58 Å². The number of fused-ring (bicyclic) bond motifs is 1. The smallest absolute Gasteiger partial charge is 0.334 e. The molecule has 19 heavy (non-hydrogen) atoms. The number of ketones is 2. The summed E-state index contributed by atoms with van der Waals surface area (Å²) in [7, 11) is 0. The molecule has 1 saturated carbocycles. The fourth-order valence-corrected chi connectivity index (χ4v) is 2.86. The van der Waals surface area contributed by atoms with E-state index in [0.29, 0.717) is 18.4 Å². The summed E-state index contributed by atoms with van der Waals surface area (Å²) in [6.45, 7) is 7.07. The van der Waals surface area contributed by atoms with Crippen LogP contribution in [0.15, 0.2) is 24.3 Å². The third-order valence-corrected chi connectivity index (χ3v) is 3.95. The molecule has 2 fully saturated rings. The number of Topliss-reactive ketones (excluding diaryl/α,β-unsaturated/α-hetero) is 2. The molecule has 1 aliphatic heterocycles. The monoisotopic (exact) mass is 262 g/mol. The molecule has 1 aliphatic carbocycles. The summed E-state index contributed by atoms with van der Waals surface area (Å²) in [5.74, 6) is -0.629. The van der Waals surface area contributed by atoms with Crippen molar-refractivity contribution >= 4 is 17.5 Å². The molecule has 3 unspecified atom stereocenters. The van der Waals surface area contributed by atoms with Crippen molar-refractivity contribution in [2.45, 2.75) is 38.7 Å². The first-order valence-corrected chi connectivity index (χ1v) is 6.44. The Labute approximate surface area is 112 Å². The normalized spacial score (nSPS) is 34.5. The van der Waals surface area contributed by atoms with Gasteiger partial charge in [0.1, 0.15) is 17.2 Å². The zero-order chi connectivity index (χ0) is 14.2. The summed E-state index contributed by atoms with van der Waals surface area (Å²) in [5, 5.41) is 0. The van der Waals surface area contributed by atoms with Gasteiger partial charge in [-0.05, 0) is 20.3 Å². The highest BCUT2D eigenvalue weighted by atomic mass is 16.6. The van der Waals surface area contributed by atoms with Crippen molar-refractivity contribution in [3.8, 4) is 0 Å². The topological polar surface area (TPSA) is 60.4 Å². The van der Waals surface area contributed by atoms with Crippen molar-refractivity contribution in [1.82, 2.24) is 0 Å². The third kappa shape index (κ3) is 2.53. The van der Waals surface area contributed by atoms with Crippen LogP contribution in [0.3, 0.4) is 0 Å². The molecular weight excluding hydrogens is 244 g/mol. The quantitative estimate of drug-likeness (QED) is 0.443. The Morgan fingerprint density at radius 3 is 2.84 bits per heavy atom. The Balaban J connectivity index is 2.13. The molecule has 1 saturated heterocycles. The van der Waals surface area contributed by atoms with E-state index in [-0.39, 0.29) is 29.8 Å². The van der Waals surface area contributed by atoms with E-state index in [4.69, 9.17) is 4.74 Å². The van der Waals surface area contributed by atoms with Crippen LogP contribution in [-0.2, 0) is 19.1 Å². The number of hydrogen-bond donors (Lipinski definition) is 0. The van der Waals surface area contributed by atoms with Gasteiger partial charge in [-0.2, -0.15) is 0 Å². The van der Waals surface area contributed by atoms with E-state index in [0.717, 1.165) is 0 Å². The van der Waals surface area contributed by atoms with E-state index in [9.17, 15) is 14.4 Å². The second kappa shape index (κ2) is 4.76. The van der Waals surface area contributed by atoms with Crippen molar-refractivity contribution in [3.05, 3.63) is 24.3 Å². The first kappa shape index (κ1) is 13.7. The van der Waals surface area contributed by atoms with Gasteiger partial charge in [-0.25, -0.2) is 4.79 Å². The summed E-state index contributed by atoms with van der Waals surface area (Å²) >= 11 is 0. The number of hydrogen-bond acceptors (Lipinski definition) is 4. The molecule has 1 heterocycles. The van der Waals surface area contributed by atoms with Gasteiger partial charge in [0.25, 0.3) is 0 Å². The van der Waals surface area contributed by atoms with Gasteiger partial charge in [-0.3, -0.25) is 9.59 Å². The van der Waals surface area contributed by atoms with Crippen LogP contribution in [0.4, 0.5) is 0 Å². The van der Waals surface area contributed by atoms with Gasteiger partial charge in [0, 0.05) is 30.3 Å². The first-order chi connectivity index (χ1) is 8.83. The predicted octanol–water partition coefficient (Wildman–Crippen LogP) is 1.99. The van der Waals surface area contributed by atoms with Gasteiger partial charge in [0.15, 0.2) is 0 Å². The van der Waals surface area contributed by atoms with Gasteiger partial charge in [-0.15, -0.1) is 0 Å². The highest BCUT2D eigenvalue weighted by Gasteiger charge is 2.53. The molecule has 0 N–H and O–H groups in total. The van der Waals surface area contributed by atoms with E-state index in [1.165, 1.54) is 6.92 Å². The number of esters is 1. The van der Waals surface area contributed by atoms with Gasteiger partial charge < -0.3 is 4.74 Å². The molecule has 0 spiro atoms. The molecule has 0 aromatic carbocycles. The SMILES string of the molecule is C=C1C(=O)OC2(C)CC(=O)C(/C=C/CC(C)=O)CC12. The van der Waals surface area contributed by atoms with Crippen LogP contribution in [-0.4, -0.2) is 23.1 Å². The lowest BCUT2D eigenvalue weighted by atomic mass is 9.70. The Kier molecular flexibility index (Phi) is 3.43. The molecule has 0 amide bonds. The molecule has 0 aromatic rings. The number of allylic oxidation sites excluding steroid dienone is 2. The van der Waals surface area contributed by atoms with Crippen LogP contribution in [0.5, 0.6) is 0 Å². The van der Waals surface area contributed by atoms with Gasteiger partial charge in [0.05, 0.1) is 0 Å². The lowest BCUT2D eigenvalue weighted by molar-refractivity contribution is -0.151. The molecule has 0 radical (unpaired) electrons. The zero-order valence-electron chi connectivity index (χ0n) is 11.3. The average molecular weight is 262 g/mol. The fourth-order valence-electron chi connectivity index (χ4n) is 2.86. The lowest BCUT2D eigenvalue weighted by Crippen LogP contribution is -2.42. The molecule has 102 valence electrons. The van der Waals surface area contributed by atoms with Crippen LogP contribution in [0.25, 0.3) is 0 Å². The Hall–Kier alpha value is -1.71. The molecule has 4 heteroatoms. The van der Waals surface area contributed by atoms with Gasteiger partial charge in [-0.1, -0.05) is 18.7 Å². The Bertz CT molecular complexity index is 488. The maximum atomic E-state index is 12.1. The van der Waals surface area contributed by atoms with E-state index < -0.39 is 11.6 Å². The minimum Gasteiger partial charge on any atom is -0.455 e. The second-order valence-corrected chi connectivity index (χ2v) is 5.60. The van der Waals surface area contributed by atoms with Crippen LogP contribution in [0, 0.1) is 11.8 Å². The molecule has 2 aliphatic rings. The van der Waals surface area contributed by atoms with Gasteiger partial charge >= 0.3 is 5.97 Å². The van der Waals surface area contributed by atoms with Crippen LogP contribution in [0.2, 0.25) is 0 Å². The standard InChI is InChI=1S/C15H18O4/c1-9(16)5-4-6-11-7-12-10(2)14(18)19-15(12,3)8-13(11)17/h4,6,11-12H,2,5,7-8H2,1,3H3/b6-4+. The summed E-state index contributed by atoms with van der Waals surface area (Å²) in [6, 6.07) is 0. The number of ether oxygens (including phenoxy) is 1. The largest absolute Gasteiger partial charge is 0.455 e. The van der Waals surface area contributed by atoms with Crippen LogP contribution in [0.1, 0.15) is 33.1 Å². The van der Waals surface area contributed by atoms with E-state index in [1.807, 2.05) is 0 Å². The van der Waals surface area contributed by atoms with Crippen LogP contribution < -0.4 is 0 Å². The van der Waals surface area contributed by atoms with Crippen LogP contribution >= 0.6 is 0 Å². The molecule has 0 bridgehead atoms. The van der Waals surface area contributed by atoms with Crippen molar-refractivity contribution in [2.75, 3.05) is 0 Å². The Morgan fingerprint density at radius 1 is 1.53 bits per heavy atom. The maximum absolute atomic E-state index is 12.1. The lowest BCUT2D eigenvalue weighted by Gasteiger charge is -2.35. The van der Waals surface area contributed by atoms with Crippen molar-refractivity contribution in [3.63, 3.8) is 0 Å². The number of carbonyl (C=O) groups excluding carboxylic acids is 3. The van der Waals surface area contributed by atoms with E-state index >= 15 is 0 Å². The highest BCUT2D eigenvalue weighted by Crippen LogP contribution is 2.46. The minimum absolute atomic E-state index is 0.0565. The van der Waals surface area contributed by atoms with Gasteiger partial charge in [0.2, 0.25) is 0 Å². The maximum Gasteiger partial charge on any atom is 0.334 e. The summed E-state index contributed by atoms with van der Waals surface area (Å²) in [5.41, 5.74) is -0.268. The molecule has 2 rings (SSSR count). The predicted molar refractivity (Wildman–Crippen MR) is 69.3 cm³/mol. The summed E-state index contributed by atoms with van der Waals surface area (Å²) in [4.78, 5) is 34.5. The molecular formula is C15H18O4. The number of rotatable bonds is 3. The fraction of sp³-hybridized carbons (Fsp3) is 0.533. The Morgan fingerprint density at radius 2 is 2.21 bits per heavy atom. The second-order valence-electron chi connectivity index (χ2n) is 5.60. The minimum atomic E-state index is -0.726. The third-order valence-electron chi connectivity index (χ3n) is 3.95. The van der Waals surface area contributed by atoms with E-state index in [1.54, 1.807) is 19.1 Å². The zero-order valence-corrected chi connectivity index (χ0v) is 11.3. The molecule has 3 atom stereocenters. The highest BCUT2D eigenvalue weighted by molar-refractivity contribution is 5.94. The van der Waals surface area contributed by atoms with Crippen molar-refractivity contribution in [2.24, 2.45) is 11.8 Å². The van der Waals surface area contributed by atoms with Crippen molar-refractivity contribution < 1.29 is 19.1 Å². The molecule has 0 aromatic heterocycles. The summed E-state index contributed by atoms with van der Waals surface area (Å²) in [6.07, 6.45) is 4.60. The summed E-state index contributed by atoms with van der Waals surface area (Å²) < 4.78 is 5.29.